The normalized spacial score (nSPS) is 16.2. The predicted octanol–water partition coefficient (Wildman–Crippen LogP) is 8.63. The fourth-order valence-corrected chi connectivity index (χ4v) is 11.6. The Hall–Kier alpha value is -6.53. The van der Waals surface area contributed by atoms with Crippen LogP contribution in [0.1, 0.15) is 52.1 Å². The molecule has 1 aromatic heterocycles. The first-order valence-corrected chi connectivity index (χ1v) is 20.7. The largest absolute Gasteiger partial charge is 0.388 e. The van der Waals surface area contributed by atoms with Crippen molar-refractivity contribution in [1.29, 1.82) is 0 Å². The highest BCUT2D eigenvalue weighted by molar-refractivity contribution is 6.95. The number of para-hydroxylation sites is 1. The van der Waals surface area contributed by atoms with Crippen molar-refractivity contribution in [2.75, 3.05) is 0 Å². The van der Waals surface area contributed by atoms with Crippen LogP contribution in [0.3, 0.4) is 0 Å². The van der Waals surface area contributed by atoms with Crippen molar-refractivity contribution in [3.63, 3.8) is 0 Å². The summed E-state index contributed by atoms with van der Waals surface area (Å²) in [5, 5.41) is 21.0. The lowest BCUT2D eigenvalue weighted by Crippen LogP contribution is -2.51. The van der Waals surface area contributed by atoms with Crippen molar-refractivity contribution in [1.82, 2.24) is 9.88 Å². The van der Waals surface area contributed by atoms with Crippen LogP contribution < -0.4 is 20.9 Å². The van der Waals surface area contributed by atoms with E-state index in [-0.39, 0.29) is 6.04 Å². The first-order valence-electron chi connectivity index (χ1n) is 19.0. The van der Waals surface area contributed by atoms with Crippen molar-refractivity contribution >= 4 is 58.4 Å². The van der Waals surface area contributed by atoms with E-state index in [0.717, 1.165) is 56.1 Å². The zero-order valence-corrected chi connectivity index (χ0v) is 31.4. The molecule has 0 saturated heterocycles. The van der Waals surface area contributed by atoms with Crippen molar-refractivity contribution in [2.45, 2.75) is 18.6 Å². The minimum Gasteiger partial charge on any atom is -0.388 e. The lowest BCUT2D eigenvalue weighted by molar-refractivity contribution is 0.184. The average molecular weight is 726 g/mol. The zero-order chi connectivity index (χ0) is 36.7. The SMILES string of the molecule is OC1CC(c2ccccc2)=Cc2c1c1cc([SiH](c3ccccc3)c3ccccc3)ccc1n2-c1ccc(C2=Nc3ccccc3C(c3ccccc3)N2)cc1. The molecule has 0 spiro atoms. The maximum absolute atomic E-state index is 12.1. The Bertz CT molecular complexity index is 2670. The van der Waals surface area contributed by atoms with Gasteiger partial charge in [-0.1, -0.05) is 167 Å². The quantitative estimate of drug-likeness (QED) is 0.128. The molecule has 10 rings (SSSR count). The second kappa shape index (κ2) is 14.0. The third kappa shape index (κ3) is 6.04. The number of hydrogen-bond acceptors (Lipinski definition) is 3. The number of fused-ring (bicyclic) bond motifs is 4. The summed E-state index contributed by atoms with van der Waals surface area (Å²) in [5.41, 5.74) is 10.8. The molecule has 5 heteroatoms. The van der Waals surface area contributed by atoms with Gasteiger partial charge in [0.2, 0.25) is 0 Å². The molecule has 8 aromatic rings. The van der Waals surface area contributed by atoms with E-state index in [2.05, 4.69) is 198 Å². The highest BCUT2D eigenvalue weighted by Gasteiger charge is 2.30. The molecule has 0 saturated carbocycles. The summed E-state index contributed by atoms with van der Waals surface area (Å²) in [6.07, 6.45) is 2.22. The fourth-order valence-electron chi connectivity index (χ4n) is 8.58. The number of aliphatic hydroxyl groups excluding tert-OH is 1. The fraction of sp³-hybridized carbons (Fsp3) is 0.0600. The minimum atomic E-state index is -1.80. The summed E-state index contributed by atoms with van der Waals surface area (Å²) in [7, 11) is -1.80. The number of aliphatic imine (C=N–C) groups is 1. The third-order valence-corrected chi connectivity index (χ3v) is 14.3. The van der Waals surface area contributed by atoms with E-state index in [4.69, 9.17) is 4.99 Å². The van der Waals surface area contributed by atoms with Gasteiger partial charge >= 0.3 is 0 Å². The Morgan fingerprint density at radius 1 is 0.600 bits per heavy atom. The van der Waals surface area contributed by atoms with Gasteiger partial charge in [-0.3, -0.25) is 0 Å². The van der Waals surface area contributed by atoms with Crippen LogP contribution in [0.4, 0.5) is 5.69 Å². The summed E-state index contributed by atoms with van der Waals surface area (Å²) in [6.45, 7) is 0. The number of hydrogen-bond donors (Lipinski definition) is 2. The van der Waals surface area contributed by atoms with Gasteiger partial charge in [0.25, 0.3) is 0 Å². The van der Waals surface area contributed by atoms with E-state index in [0.29, 0.717) is 6.42 Å². The molecule has 1 aliphatic heterocycles. The van der Waals surface area contributed by atoms with Crippen LogP contribution in [0.5, 0.6) is 0 Å². The van der Waals surface area contributed by atoms with E-state index in [1.165, 1.54) is 26.7 Å². The average Bonchev–Trinajstić information content (AvgIpc) is 3.59. The monoisotopic (exact) mass is 725 g/mol. The minimum absolute atomic E-state index is 0.00126. The summed E-state index contributed by atoms with van der Waals surface area (Å²) in [4.78, 5) is 5.09. The molecule has 1 aliphatic carbocycles. The van der Waals surface area contributed by atoms with Crippen LogP contribution in [-0.4, -0.2) is 24.3 Å². The van der Waals surface area contributed by atoms with E-state index in [1.807, 2.05) is 6.07 Å². The van der Waals surface area contributed by atoms with E-state index < -0.39 is 14.9 Å². The van der Waals surface area contributed by atoms with Gasteiger partial charge in [0.15, 0.2) is 0 Å². The van der Waals surface area contributed by atoms with Gasteiger partial charge in [0.1, 0.15) is 14.6 Å². The molecule has 2 aliphatic rings. The van der Waals surface area contributed by atoms with Gasteiger partial charge in [0.05, 0.1) is 29.0 Å². The molecule has 2 atom stereocenters. The maximum Gasteiger partial charge on any atom is 0.134 e. The van der Waals surface area contributed by atoms with Crippen LogP contribution in [-0.2, 0) is 0 Å². The smallest absolute Gasteiger partial charge is 0.134 e. The summed E-state index contributed by atoms with van der Waals surface area (Å²) >= 11 is 0. The van der Waals surface area contributed by atoms with Gasteiger partial charge in [-0.25, -0.2) is 4.99 Å². The number of benzene rings is 7. The molecule has 2 heterocycles. The maximum atomic E-state index is 12.1. The van der Waals surface area contributed by atoms with Gasteiger partial charge in [-0.15, -0.1) is 0 Å². The van der Waals surface area contributed by atoms with E-state index in [9.17, 15) is 5.11 Å². The summed E-state index contributed by atoms with van der Waals surface area (Å²) < 4.78 is 2.34. The number of nitrogens with zero attached hydrogens (tertiary/aromatic N) is 2. The summed E-state index contributed by atoms with van der Waals surface area (Å²) in [6, 6.07) is 66.9. The number of amidine groups is 1. The third-order valence-electron chi connectivity index (χ3n) is 11.2. The van der Waals surface area contributed by atoms with Crippen LogP contribution in [0.25, 0.3) is 28.2 Å². The molecular formula is C50H39N3OSi. The van der Waals surface area contributed by atoms with E-state index in [1.54, 1.807) is 0 Å². The van der Waals surface area contributed by atoms with Crippen molar-refractivity contribution in [2.24, 2.45) is 4.99 Å². The van der Waals surface area contributed by atoms with Gasteiger partial charge in [-0.05, 0) is 59.2 Å². The Morgan fingerprint density at radius 3 is 1.91 bits per heavy atom. The highest BCUT2D eigenvalue weighted by atomic mass is 28.3. The Morgan fingerprint density at radius 2 is 1.22 bits per heavy atom. The molecule has 0 radical (unpaired) electrons. The number of aliphatic hydroxyl groups is 1. The molecule has 4 nitrogen and oxygen atoms in total. The molecule has 0 bridgehead atoms. The van der Waals surface area contributed by atoms with Crippen molar-refractivity contribution < 1.29 is 5.11 Å². The first-order chi connectivity index (χ1) is 27.2. The molecule has 2 unspecified atom stereocenters. The molecule has 7 aromatic carbocycles. The molecular weight excluding hydrogens is 687 g/mol. The molecule has 55 heavy (non-hydrogen) atoms. The van der Waals surface area contributed by atoms with Crippen LogP contribution in [0, 0.1) is 0 Å². The van der Waals surface area contributed by atoms with Gasteiger partial charge in [0, 0.05) is 34.2 Å². The van der Waals surface area contributed by atoms with Crippen LogP contribution >= 0.6 is 0 Å². The Kier molecular flexibility index (Phi) is 8.44. The Balaban J connectivity index is 1.11. The Labute approximate surface area is 323 Å². The summed E-state index contributed by atoms with van der Waals surface area (Å²) in [5.74, 6) is 0.850. The van der Waals surface area contributed by atoms with Crippen molar-refractivity contribution in [3.8, 4) is 5.69 Å². The lowest BCUT2D eigenvalue weighted by Gasteiger charge is -2.27. The topological polar surface area (TPSA) is 49.5 Å². The lowest BCUT2D eigenvalue weighted by atomic mass is 9.89. The second-order valence-electron chi connectivity index (χ2n) is 14.5. The van der Waals surface area contributed by atoms with Crippen molar-refractivity contribution in [3.05, 3.63) is 222 Å². The van der Waals surface area contributed by atoms with Gasteiger partial charge < -0.3 is 15.0 Å². The first kappa shape index (κ1) is 33.1. The highest BCUT2D eigenvalue weighted by Crippen LogP contribution is 2.43. The standard InChI is InChI=1S/C50H39N3OSi/c54-47-32-37(34-15-5-1-6-16-34)31-46-48(47)43-33-41(55(39-19-9-3-10-20-39)40-21-11-4-12-22-40)29-30-45(43)53(46)38-27-25-36(26-28-38)50-51-44-24-14-13-23-42(44)49(52-50)35-17-7-2-8-18-35/h1-31,33,47,49,54-55H,32H2,(H,51,52). The zero-order valence-electron chi connectivity index (χ0n) is 30.3. The number of aromatic nitrogens is 1. The number of nitrogens with one attached hydrogen (secondary N) is 1. The predicted molar refractivity (Wildman–Crippen MR) is 230 cm³/mol. The van der Waals surface area contributed by atoms with Crippen LogP contribution in [0.2, 0.25) is 0 Å². The molecule has 2 N–H and O–H groups in total. The van der Waals surface area contributed by atoms with Gasteiger partial charge in [-0.2, -0.15) is 0 Å². The number of rotatable bonds is 7. The second-order valence-corrected chi connectivity index (χ2v) is 17.3. The molecule has 264 valence electrons. The molecule has 0 fully saturated rings. The van der Waals surface area contributed by atoms with E-state index >= 15 is 0 Å². The van der Waals surface area contributed by atoms with Crippen LogP contribution in [0.15, 0.2) is 193 Å². The molecule has 0 amide bonds.